The lowest BCUT2D eigenvalue weighted by Crippen LogP contribution is -2.48. The third-order valence-electron chi connectivity index (χ3n) is 7.72. The van der Waals surface area contributed by atoms with Gasteiger partial charge in [-0.05, 0) is 49.1 Å². The van der Waals surface area contributed by atoms with E-state index in [1.54, 1.807) is 4.57 Å². The van der Waals surface area contributed by atoms with E-state index in [1.807, 2.05) is 40.8 Å². The summed E-state index contributed by atoms with van der Waals surface area (Å²) in [6.45, 7) is 12.1. The minimum atomic E-state index is -0.0519. The molecule has 0 aliphatic carbocycles. The normalized spacial score (nSPS) is 14.5. The first-order valence-corrected chi connectivity index (χ1v) is 14.6. The summed E-state index contributed by atoms with van der Waals surface area (Å²) >= 11 is 6.21. The third kappa shape index (κ3) is 6.15. The number of carbonyl (C=O) groups is 1. The Bertz CT molecular complexity index is 1550. The molecule has 0 spiro atoms. The van der Waals surface area contributed by atoms with Crippen LogP contribution in [0.15, 0.2) is 47.3 Å². The van der Waals surface area contributed by atoms with Crippen LogP contribution in [0.1, 0.15) is 38.1 Å². The van der Waals surface area contributed by atoms with Gasteiger partial charge in [0.15, 0.2) is 0 Å². The number of hydrogen-bond donors (Lipinski definition) is 1. The van der Waals surface area contributed by atoms with Crippen LogP contribution in [0.4, 0.5) is 5.69 Å². The highest BCUT2D eigenvalue weighted by atomic mass is 35.5. The molecule has 9 nitrogen and oxygen atoms in total. The van der Waals surface area contributed by atoms with Crippen molar-refractivity contribution < 1.29 is 4.79 Å². The zero-order valence-electron chi connectivity index (χ0n) is 23.6. The van der Waals surface area contributed by atoms with Crippen LogP contribution in [0.5, 0.6) is 0 Å². The van der Waals surface area contributed by atoms with E-state index in [0.29, 0.717) is 48.8 Å². The Morgan fingerprint density at radius 2 is 1.82 bits per heavy atom. The fourth-order valence-corrected chi connectivity index (χ4v) is 5.53. The second-order valence-electron chi connectivity index (χ2n) is 11.0. The Balaban J connectivity index is 1.16. The first-order valence-electron chi connectivity index (χ1n) is 14.2. The van der Waals surface area contributed by atoms with Gasteiger partial charge in [0.2, 0.25) is 11.7 Å². The fourth-order valence-electron chi connectivity index (χ4n) is 5.37. The van der Waals surface area contributed by atoms with Crippen molar-refractivity contribution in [3.8, 4) is 0 Å². The van der Waals surface area contributed by atoms with E-state index in [-0.39, 0.29) is 11.5 Å². The minimum absolute atomic E-state index is 0.0117. The monoisotopic (exact) mass is 563 g/mol. The Kier molecular flexibility index (Phi) is 8.71. The summed E-state index contributed by atoms with van der Waals surface area (Å²) in [5.74, 6) is 1.67. The highest BCUT2D eigenvalue weighted by Gasteiger charge is 2.20. The largest absolute Gasteiger partial charge is 0.369 e. The SMILES string of the molecule is Cc1ccc(Cl)cc1N1CCN(CCNC(=O)CCc2nnc3n(CCC(C)C)c(=O)c4ccccc4n23)CC1. The zero-order chi connectivity index (χ0) is 28.2. The smallest absolute Gasteiger partial charge is 0.262 e. The van der Waals surface area contributed by atoms with Crippen molar-refractivity contribution in [1.29, 1.82) is 0 Å². The van der Waals surface area contributed by atoms with Crippen LogP contribution in [-0.2, 0) is 17.8 Å². The van der Waals surface area contributed by atoms with Gasteiger partial charge in [-0.15, -0.1) is 10.2 Å². The molecule has 0 bridgehead atoms. The van der Waals surface area contributed by atoms with Crippen molar-refractivity contribution in [3.05, 3.63) is 69.2 Å². The molecule has 3 heterocycles. The van der Waals surface area contributed by atoms with Crippen LogP contribution in [0.2, 0.25) is 5.02 Å². The molecule has 2 aromatic heterocycles. The Labute approximate surface area is 239 Å². The highest BCUT2D eigenvalue weighted by Crippen LogP contribution is 2.25. The predicted octanol–water partition coefficient (Wildman–Crippen LogP) is 3.92. The van der Waals surface area contributed by atoms with E-state index >= 15 is 0 Å². The number of halogens is 1. The Morgan fingerprint density at radius 3 is 2.60 bits per heavy atom. The second kappa shape index (κ2) is 12.4. The van der Waals surface area contributed by atoms with E-state index in [1.165, 1.54) is 11.3 Å². The first kappa shape index (κ1) is 28.1. The van der Waals surface area contributed by atoms with E-state index in [4.69, 9.17) is 11.6 Å². The topological polar surface area (TPSA) is 87.8 Å². The number of aromatic nitrogens is 4. The molecule has 1 aliphatic heterocycles. The number of fused-ring (bicyclic) bond motifs is 3. The van der Waals surface area contributed by atoms with Crippen molar-refractivity contribution in [2.24, 2.45) is 5.92 Å². The molecule has 1 saturated heterocycles. The van der Waals surface area contributed by atoms with Crippen molar-refractivity contribution in [2.45, 2.75) is 46.6 Å². The number of para-hydroxylation sites is 1. The molecule has 4 aromatic rings. The summed E-state index contributed by atoms with van der Waals surface area (Å²) < 4.78 is 3.65. The van der Waals surface area contributed by atoms with Gasteiger partial charge in [0.1, 0.15) is 5.82 Å². The van der Waals surface area contributed by atoms with Gasteiger partial charge < -0.3 is 10.2 Å². The molecule has 0 unspecified atom stereocenters. The third-order valence-corrected chi connectivity index (χ3v) is 7.95. The first-order chi connectivity index (χ1) is 19.3. The summed E-state index contributed by atoms with van der Waals surface area (Å²) in [5.41, 5.74) is 3.16. The zero-order valence-corrected chi connectivity index (χ0v) is 24.3. The summed E-state index contributed by atoms with van der Waals surface area (Å²) in [5, 5.41) is 13.2. The maximum atomic E-state index is 13.2. The van der Waals surface area contributed by atoms with Gasteiger partial charge in [-0.2, -0.15) is 0 Å². The Morgan fingerprint density at radius 1 is 1.05 bits per heavy atom. The summed E-state index contributed by atoms with van der Waals surface area (Å²) in [7, 11) is 0. The van der Waals surface area contributed by atoms with Crippen LogP contribution >= 0.6 is 11.6 Å². The summed E-state index contributed by atoms with van der Waals surface area (Å²) in [6.07, 6.45) is 1.62. The molecule has 1 amide bonds. The molecule has 1 N–H and O–H groups in total. The summed E-state index contributed by atoms with van der Waals surface area (Å²) in [6, 6.07) is 13.6. The summed E-state index contributed by atoms with van der Waals surface area (Å²) in [4.78, 5) is 30.7. The molecule has 0 atom stereocenters. The number of piperazine rings is 1. The lowest BCUT2D eigenvalue weighted by molar-refractivity contribution is -0.121. The molecule has 1 fully saturated rings. The molecule has 0 saturated carbocycles. The molecule has 10 heteroatoms. The maximum absolute atomic E-state index is 13.2. The number of aryl methyl sites for hydroxylation is 3. The molecule has 212 valence electrons. The number of hydrogen-bond acceptors (Lipinski definition) is 6. The molecule has 40 heavy (non-hydrogen) atoms. The van der Waals surface area contributed by atoms with Gasteiger partial charge >= 0.3 is 0 Å². The van der Waals surface area contributed by atoms with Crippen molar-refractivity contribution >= 4 is 39.9 Å². The van der Waals surface area contributed by atoms with E-state index in [2.05, 4.69) is 52.2 Å². The fraction of sp³-hybridized carbons (Fsp3) is 0.467. The van der Waals surface area contributed by atoms with Crippen LogP contribution < -0.4 is 15.8 Å². The van der Waals surface area contributed by atoms with Gasteiger partial charge in [-0.3, -0.25) is 23.5 Å². The molecule has 0 radical (unpaired) electrons. The average molecular weight is 564 g/mol. The van der Waals surface area contributed by atoms with E-state index in [0.717, 1.165) is 49.7 Å². The molecule has 2 aromatic carbocycles. The van der Waals surface area contributed by atoms with Crippen molar-refractivity contribution in [3.63, 3.8) is 0 Å². The lowest BCUT2D eigenvalue weighted by Gasteiger charge is -2.36. The number of rotatable bonds is 10. The lowest BCUT2D eigenvalue weighted by atomic mass is 10.1. The standard InChI is InChI=1S/C30H38ClN7O2/c1-21(2)12-14-37-29(40)24-6-4-5-7-25(24)38-27(33-34-30(37)38)10-11-28(39)32-13-15-35-16-18-36(19-17-35)26-20-23(31)9-8-22(26)3/h4-9,20-21H,10-19H2,1-3H3,(H,32,39). The maximum Gasteiger partial charge on any atom is 0.262 e. The van der Waals surface area contributed by atoms with Gasteiger partial charge in [0.05, 0.1) is 10.9 Å². The minimum Gasteiger partial charge on any atom is -0.369 e. The van der Waals surface area contributed by atoms with Crippen molar-refractivity contribution in [2.75, 3.05) is 44.2 Å². The molecular weight excluding hydrogens is 526 g/mol. The van der Waals surface area contributed by atoms with Crippen LogP contribution in [0.25, 0.3) is 16.7 Å². The Hall–Kier alpha value is -3.43. The van der Waals surface area contributed by atoms with Crippen LogP contribution in [-0.4, -0.2) is 69.2 Å². The molecule has 5 rings (SSSR count). The van der Waals surface area contributed by atoms with Gasteiger partial charge in [0.25, 0.3) is 5.56 Å². The van der Waals surface area contributed by atoms with Gasteiger partial charge in [-0.1, -0.05) is 43.6 Å². The second-order valence-corrected chi connectivity index (χ2v) is 11.5. The molecular formula is C30H38ClN7O2. The van der Waals surface area contributed by atoms with E-state index in [9.17, 15) is 9.59 Å². The van der Waals surface area contributed by atoms with Gasteiger partial charge in [-0.25, -0.2) is 0 Å². The average Bonchev–Trinajstić information content (AvgIpc) is 3.37. The number of amides is 1. The number of benzene rings is 2. The van der Waals surface area contributed by atoms with Crippen LogP contribution in [0.3, 0.4) is 0 Å². The number of carbonyl (C=O) groups excluding carboxylic acids is 1. The highest BCUT2D eigenvalue weighted by molar-refractivity contribution is 6.30. The molecule has 1 aliphatic rings. The van der Waals surface area contributed by atoms with Crippen molar-refractivity contribution in [1.82, 2.24) is 29.4 Å². The number of nitrogens with one attached hydrogen (secondary N) is 1. The van der Waals surface area contributed by atoms with Crippen LogP contribution in [0, 0.1) is 12.8 Å². The number of anilines is 1. The van der Waals surface area contributed by atoms with E-state index < -0.39 is 0 Å². The quantitative estimate of drug-likeness (QED) is 0.315. The van der Waals surface area contributed by atoms with Gasteiger partial charge in [0, 0.05) is 69.4 Å². The number of nitrogens with zero attached hydrogens (tertiary/aromatic N) is 6. The predicted molar refractivity (Wildman–Crippen MR) is 160 cm³/mol.